The van der Waals surface area contributed by atoms with Crippen LogP contribution in [0.4, 0.5) is 4.39 Å². The fourth-order valence-electron chi connectivity index (χ4n) is 2.59. The summed E-state index contributed by atoms with van der Waals surface area (Å²) in [5.74, 6) is 0.317. The molecule has 0 fully saturated rings. The number of amides is 1. The molecule has 0 aliphatic carbocycles. The maximum absolute atomic E-state index is 13.8. The van der Waals surface area contributed by atoms with E-state index >= 15 is 0 Å². The van der Waals surface area contributed by atoms with Crippen molar-refractivity contribution in [1.29, 1.82) is 0 Å². The van der Waals surface area contributed by atoms with Crippen molar-refractivity contribution in [1.82, 2.24) is 5.43 Å². The summed E-state index contributed by atoms with van der Waals surface area (Å²) in [6, 6.07) is 18.1. The van der Waals surface area contributed by atoms with Crippen LogP contribution in [0.5, 0.6) is 11.5 Å². The molecule has 0 saturated carbocycles. The molecule has 0 bridgehead atoms. The van der Waals surface area contributed by atoms with Crippen LogP contribution in [0.25, 0.3) is 0 Å². The van der Waals surface area contributed by atoms with Gasteiger partial charge in [-0.05, 0) is 61.0 Å². The van der Waals surface area contributed by atoms with Crippen molar-refractivity contribution >= 4 is 23.7 Å². The molecule has 0 radical (unpaired) electrons. The van der Waals surface area contributed by atoms with Gasteiger partial charge in [-0.2, -0.15) is 5.10 Å². The molecule has 0 aliphatic heterocycles. The van der Waals surface area contributed by atoms with Gasteiger partial charge in [0, 0.05) is 16.1 Å². The molecular weight excluding hydrogens is 407 g/mol. The van der Waals surface area contributed by atoms with Gasteiger partial charge in [-0.1, -0.05) is 29.8 Å². The average Bonchev–Trinajstić information content (AvgIpc) is 2.75. The van der Waals surface area contributed by atoms with E-state index in [1.165, 1.54) is 12.3 Å². The molecule has 30 heavy (non-hydrogen) atoms. The number of ether oxygens (including phenoxy) is 2. The van der Waals surface area contributed by atoms with E-state index in [4.69, 9.17) is 21.1 Å². The van der Waals surface area contributed by atoms with Crippen molar-refractivity contribution in [3.05, 3.63) is 94.3 Å². The molecule has 1 N–H and O–H groups in total. The quantitative estimate of drug-likeness (QED) is 0.397. The van der Waals surface area contributed by atoms with Crippen LogP contribution >= 0.6 is 11.6 Å². The lowest BCUT2D eigenvalue weighted by molar-refractivity contribution is 0.0955. The SMILES string of the molecule is CCOc1cc(/C=N\NC(=O)c2ccc(Cl)cc2)ccc1OCc1ccccc1F. The summed E-state index contributed by atoms with van der Waals surface area (Å²) in [6.45, 7) is 2.37. The van der Waals surface area contributed by atoms with Gasteiger partial charge in [-0.25, -0.2) is 9.82 Å². The van der Waals surface area contributed by atoms with Crippen LogP contribution in [0.3, 0.4) is 0 Å². The van der Waals surface area contributed by atoms with E-state index in [1.807, 2.05) is 6.92 Å². The second kappa shape index (κ2) is 10.4. The molecule has 0 saturated heterocycles. The van der Waals surface area contributed by atoms with E-state index in [0.717, 1.165) is 0 Å². The van der Waals surface area contributed by atoms with Crippen LogP contribution in [0.15, 0.2) is 71.8 Å². The second-order valence-electron chi connectivity index (χ2n) is 6.23. The Hall–Kier alpha value is -3.38. The third-order valence-corrected chi connectivity index (χ3v) is 4.35. The third kappa shape index (κ3) is 5.81. The van der Waals surface area contributed by atoms with Gasteiger partial charge in [0.2, 0.25) is 0 Å². The van der Waals surface area contributed by atoms with Gasteiger partial charge in [0.15, 0.2) is 11.5 Å². The Morgan fingerprint density at radius 1 is 1.07 bits per heavy atom. The van der Waals surface area contributed by atoms with E-state index < -0.39 is 0 Å². The van der Waals surface area contributed by atoms with Crippen LogP contribution in [-0.2, 0) is 6.61 Å². The molecule has 1 amide bonds. The molecule has 7 heteroatoms. The first-order valence-electron chi connectivity index (χ1n) is 9.29. The largest absolute Gasteiger partial charge is 0.490 e. The van der Waals surface area contributed by atoms with E-state index in [1.54, 1.807) is 60.7 Å². The van der Waals surface area contributed by atoms with Gasteiger partial charge in [0.1, 0.15) is 12.4 Å². The number of hydrogen-bond acceptors (Lipinski definition) is 4. The van der Waals surface area contributed by atoms with Crippen molar-refractivity contribution in [3.8, 4) is 11.5 Å². The molecule has 3 aromatic carbocycles. The van der Waals surface area contributed by atoms with E-state index in [2.05, 4.69) is 10.5 Å². The first-order valence-corrected chi connectivity index (χ1v) is 9.66. The lowest BCUT2D eigenvalue weighted by atomic mass is 10.2. The van der Waals surface area contributed by atoms with Gasteiger partial charge >= 0.3 is 0 Å². The fraction of sp³-hybridized carbons (Fsp3) is 0.130. The minimum atomic E-state index is -0.349. The van der Waals surface area contributed by atoms with Crippen LogP contribution in [-0.4, -0.2) is 18.7 Å². The van der Waals surface area contributed by atoms with Gasteiger partial charge in [0.25, 0.3) is 5.91 Å². The number of carbonyl (C=O) groups is 1. The van der Waals surface area contributed by atoms with E-state index in [9.17, 15) is 9.18 Å². The Balaban J connectivity index is 1.66. The highest BCUT2D eigenvalue weighted by molar-refractivity contribution is 6.30. The molecule has 0 spiro atoms. The van der Waals surface area contributed by atoms with Gasteiger partial charge in [0.05, 0.1) is 12.8 Å². The lowest BCUT2D eigenvalue weighted by Gasteiger charge is -2.13. The first kappa shape index (κ1) is 21.3. The fourth-order valence-corrected chi connectivity index (χ4v) is 2.72. The molecular formula is C23H20ClFN2O3. The summed E-state index contributed by atoms with van der Waals surface area (Å²) < 4.78 is 25.1. The molecule has 3 aromatic rings. The van der Waals surface area contributed by atoms with E-state index in [-0.39, 0.29) is 18.3 Å². The number of carbonyl (C=O) groups excluding carboxylic acids is 1. The summed E-state index contributed by atoms with van der Waals surface area (Å²) in [7, 11) is 0. The topological polar surface area (TPSA) is 59.9 Å². The Morgan fingerprint density at radius 3 is 2.57 bits per heavy atom. The lowest BCUT2D eigenvalue weighted by Crippen LogP contribution is -2.17. The van der Waals surface area contributed by atoms with Crippen LogP contribution in [0, 0.1) is 5.82 Å². The first-order chi connectivity index (χ1) is 14.6. The number of nitrogens with zero attached hydrogens (tertiary/aromatic N) is 1. The number of halogens is 2. The average molecular weight is 427 g/mol. The number of rotatable bonds is 8. The summed E-state index contributed by atoms with van der Waals surface area (Å²) in [6.07, 6.45) is 1.50. The third-order valence-electron chi connectivity index (χ3n) is 4.09. The summed E-state index contributed by atoms with van der Waals surface area (Å²) in [4.78, 5) is 12.1. The maximum Gasteiger partial charge on any atom is 0.271 e. The predicted octanol–water partition coefficient (Wildman–Crippen LogP) is 5.22. The molecule has 0 unspecified atom stereocenters. The standard InChI is InChI=1S/C23H20ClFN2O3/c1-2-29-22-13-16(14-26-27-23(28)17-8-10-19(24)11-9-17)7-12-21(22)30-15-18-5-3-4-6-20(18)25/h3-14H,2,15H2,1H3,(H,27,28)/b26-14-. The van der Waals surface area contributed by atoms with Crippen LogP contribution in [0.2, 0.25) is 5.02 Å². The zero-order valence-corrected chi connectivity index (χ0v) is 17.0. The Kier molecular flexibility index (Phi) is 7.40. The molecule has 3 rings (SSSR count). The number of nitrogens with one attached hydrogen (secondary N) is 1. The monoisotopic (exact) mass is 426 g/mol. The van der Waals surface area contributed by atoms with Gasteiger partial charge in [-0.15, -0.1) is 0 Å². The molecule has 0 atom stereocenters. The highest BCUT2D eigenvalue weighted by Gasteiger charge is 2.09. The predicted molar refractivity (Wildman–Crippen MR) is 115 cm³/mol. The Morgan fingerprint density at radius 2 is 1.83 bits per heavy atom. The molecule has 0 heterocycles. The van der Waals surface area contributed by atoms with Crippen molar-refractivity contribution in [2.24, 2.45) is 5.10 Å². The number of benzene rings is 3. The van der Waals surface area contributed by atoms with Crippen LogP contribution in [0.1, 0.15) is 28.4 Å². The normalized spacial score (nSPS) is 10.8. The summed E-state index contributed by atoms with van der Waals surface area (Å²) >= 11 is 5.82. The highest BCUT2D eigenvalue weighted by atomic mass is 35.5. The van der Waals surface area contributed by atoms with Crippen molar-refractivity contribution in [2.45, 2.75) is 13.5 Å². The number of hydrazone groups is 1. The smallest absolute Gasteiger partial charge is 0.271 e. The van der Waals surface area contributed by atoms with Crippen molar-refractivity contribution < 1.29 is 18.7 Å². The summed E-state index contributed by atoms with van der Waals surface area (Å²) in [5, 5.41) is 4.52. The maximum atomic E-state index is 13.8. The highest BCUT2D eigenvalue weighted by Crippen LogP contribution is 2.29. The second-order valence-corrected chi connectivity index (χ2v) is 6.66. The van der Waals surface area contributed by atoms with Crippen molar-refractivity contribution in [2.75, 3.05) is 6.61 Å². The molecule has 0 aliphatic rings. The Bertz CT molecular complexity index is 1040. The minimum absolute atomic E-state index is 0.0807. The van der Waals surface area contributed by atoms with Gasteiger partial charge < -0.3 is 9.47 Å². The Labute approximate surface area is 179 Å². The zero-order chi connectivity index (χ0) is 21.3. The number of hydrogen-bond donors (Lipinski definition) is 1. The van der Waals surface area contributed by atoms with E-state index in [0.29, 0.717) is 39.8 Å². The zero-order valence-electron chi connectivity index (χ0n) is 16.3. The molecule has 154 valence electrons. The van der Waals surface area contributed by atoms with Gasteiger partial charge in [-0.3, -0.25) is 4.79 Å². The molecule has 5 nitrogen and oxygen atoms in total. The minimum Gasteiger partial charge on any atom is -0.490 e. The van der Waals surface area contributed by atoms with Crippen molar-refractivity contribution in [3.63, 3.8) is 0 Å². The summed E-state index contributed by atoms with van der Waals surface area (Å²) in [5.41, 5.74) is 4.06. The van der Waals surface area contributed by atoms with Crippen LogP contribution < -0.4 is 14.9 Å². The molecule has 0 aromatic heterocycles.